The number of hydrogen-bond donors (Lipinski definition) is 2. The highest BCUT2D eigenvalue weighted by molar-refractivity contribution is 5.94. The number of aryl methyl sites for hydroxylation is 1. The van der Waals surface area contributed by atoms with E-state index in [0.29, 0.717) is 36.1 Å². The van der Waals surface area contributed by atoms with Crippen LogP contribution in [0, 0.1) is 6.92 Å². The molecule has 0 spiro atoms. The van der Waals surface area contributed by atoms with E-state index >= 15 is 0 Å². The number of methoxy groups -OCH3 is 2. The normalized spacial score (nSPS) is 13.3. The molecular formula is C20H27N5O3. The van der Waals surface area contributed by atoms with E-state index in [0.717, 1.165) is 24.6 Å². The van der Waals surface area contributed by atoms with Gasteiger partial charge in [0.15, 0.2) is 11.5 Å². The van der Waals surface area contributed by atoms with Crippen LogP contribution in [0.3, 0.4) is 0 Å². The number of rotatable bonds is 8. The Morgan fingerprint density at radius 1 is 1.07 bits per heavy atom. The van der Waals surface area contributed by atoms with Crippen LogP contribution in [0.25, 0.3) is 0 Å². The molecule has 8 nitrogen and oxygen atoms in total. The van der Waals surface area contributed by atoms with Gasteiger partial charge in [0.05, 0.1) is 14.2 Å². The zero-order valence-electron chi connectivity index (χ0n) is 16.6. The van der Waals surface area contributed by atoms with E-state index in [1.807, 2.05) is 13.0 Å². The van der Waals surface area contributed by atoms with Gasteiger partial charge in [0.2, 0.25) is 5.95 Å². The molecular weight excluding hydrogens is 358 g/mol. The lowest BCUT2D eigenvalue weighted by Crippen LogP contribution is -2.29. The summed E-state index contributed by atoms with van der Waals surface area (Å²) in [5.41, 5.74) is 1.44. The highest BCUT2D eigenvalue weighted by atomic mass is 16.5. The van der Waals surface area contributed by atoms with Crippen LogP contribution in [0.1, 0.15) is 28.9 Å². The first-order chi connectivity index (χ1) is 13.6. The molecule has 0 saturated carbocycles. The molecule has 1 saturated heterocycles. The highest BCUT2D eigenvalue weighted by Crippen LogP contribution is 2.27. The van der Waals surface area contributed by atoms with Gasteiger partial charge < -0.3 is 25.0 Å². The summed E-state index contributed by atoms with van der Waals surface area (Å²) >= 11 is 0. The molecule has 150 valence electrons. The minimum absolute atomic E-state index is 0.175. The molecule has 3 rings (SSSR count). The average molecular weight is 385 g/mol. The molecule has 8 heteroatoms. The average Bonchev–Trinajstić information content (AvgIpc) is 3.25. The second-order valence-corrected chi connectivity index (χ2v) is 6.64. The van der Waals surface area contributed by atoms with Gasteiger partial charge in [-0.15, -0.1) is 0 Å². The lowest BCUT2D eigenvalue weighted by atomic mass is 10.2. The minimum Gasteiger partial charge on any atom is -0.493 e. The number of nitrogens with one attached hydrogen (secondary N) is 2. The van der Waals surface area contributed by atoms with Gasteiger partial charge in [-0.25, -0.2) is 4.98 Å². The first-order valence-corrected chi connectivity index (χ1v) is 9.45. The summed E-state index contributed by atoms with van der Waals surface area (Å²) in [7, 11) is 3.10. The Kier molecular flexibility index (Phi) is 6.52. The number of benzene rings is 1. The molecule has 0 radical (unpaired) electrons. The van der Waals surface area contributed by atoms with E-state index in [2.05, 4.69) is 25.5 Å². The molecule has 0 atom stereocenters. The van der Waals surface area contributed by atoms with Crippen molar-refractivity contribution in [3.05, 3.63) is 35.5 Å². The summed E-state index contributed by atoms with van der Waals surface area (Å²) in [6.45, 7) is 5.02. The molecule has 2 N–H and O–H groups in total. The number of aromatic nitrogens is 2. The van der Waals surface area contributed by atoms with Crippen molar-refractivity contribution in [2.45, 2.75) is 19.8 Å². The third-order valence-corrected chi connectivity index (χ3v) is 4.61. The summed E-state index contributed by atoms with van der Waals surface area (Å²) in [5, 5.41) is 6.07. The number of nitrogens with zero attached hydrogens (tertiary/aromatic N) is 3. The molecule has 1 amide bonds. The van der Waals surface area contributed by atoms with Crippen LogP contribution >= 0.6 is 0 Å². The van der Waals surface area contributed by atoms with Crippen molar-refractivity contribution in [3.63, 3.8) is 0 Å². The monoisotopic (exact) mass is 385 g/mol. The fraction of sp³-hybridized carbons (Fsp3) is 0.450. The Morgan fingerprint density at radius 3 is 2.54 bits per heavy atom. The van der Waals surface area contributed by atoms with E-state index in [-0.39, 0.29) is 5.91 Å². The topological polar surface area (TPSA) is 88.6 Å². The van der Waals surface area contributed by atoms with E-state index in [9.17, 15) is 4.79 Å². The predicted octanol–water partition coefficient (Wildman–Crippen LogP) is 2.24. The third-order valence-electron chi connectivity index (χ3n) is 4.61. The predicted molar refractivity (Wildman–Crippen MR) is 109 cm³/mol. The van der Waals surface area contributed by atoms with Crippen LogP contribution in [0.5, 0.6) is 11.5 Å². The molecule has 0 bridgehead atoms. The number of ether oxygens (including phenoxy) is 2. The van der Waals surface area contributed by atoms with Gasteiger partial charge >= 0.3 is 0 Å². The lowest BCUT2D eigenvalue weighted by Gasteiger charge is -2.17. The van der Waals surface area contributed by atoms with Gasteiger partial charge in [0.25, 0.3) is 5.91 Å². The van der Waals surface area contributed by atoms with Gasteiger partial charge in [0, 0.05) is 43.5 Å². The number of carbonyl (C=O) groups is 1. The van der Waals surface area contributed by atoms with Crippen LogP contribution in [0.2, 0.25) is 0 Å². The summed E-state index contributed by atoms with van der Waals surface area (Å²) < 4.78 is 10.4. The number of carbonyl (C=O) groups excluding carboxylic acids is 1. The second kappa shape index (κ2) is 9.25. The standard InChI is InChI=1S/C20H27N5O3/c1-14-12-18(25-10-4-5-11-25)24-20(23-14)22-9-8-21-19(26)15-6-7-16(27-2)17(13-15)28-3/h6-7,12-13H,4-5,8-11H2,1-3H3,(H,21,26)(H,22,23,24). The summed E-state index contributed by atoms with van der Waals surface area (Å²) in [6, 6.07) is 7.09. The molecule has 1 aromatic carbocycles. The van der Waals surface area contributed by atoms with Crippen molar-refractivity contribution in [2.24, 2.45) is 0 Å². The van der Waals surface area contributed by atoms with Gasteiger partial charge in [0.1, 0.15) is 5.82 Å². The summed E-state index contributed by atoms with van der Waals surface area (Å²) in [5.74, 6) is 2.48. The van der Waals surface area contributed by atoms with Crippen molar-refractivity contribution < 1.29 is 14.3 Å². The molecule has 1 aliphatic heterocycles. The number of amides is 1. The van der Waals surface area contributed by atoms with Gasteiger partial charge in [-0.05, 0) is 38.0 Å². The number of hydrogen-bond acceptors (Lipinski definition) is 7. The zero-order valence-corrected chi connectivity index (χ0v) is 16.6. The number of anilines is 2. The maximum Gasteiger partial charge on any atom is 0.251 e. The third kappa shape index (κ3) is 4.82. The Bertz CT molecular complexity index is 821. The lowest BCUT2D eigenvalue weighted by molar-refractivity contribution is 0.0954. The largest absolute Gasteiger partial charge is 0.493 e. The Balaban J connectivity index is 1.52. The molecule has 1 fully saturated rings. The molecule has 2 aromatic rings. The fourth-order valence-electron chi connectivity index (χ4n) is 3.17. The van der Waals surface area contributed by atoms with Crippen LogP contribution in [0.15, 0.2) is 24.3 Å². The maximum absolute atomic E-state index is 12.3. The molecule has 0 aliphatic carbocycles. The highest BCUT2D eigenvalue weighted by Gasteiger charge is 2.15. The van der Waals surface area contributed by atoms with Crippen molar-refractivity contribution in [3.8, 4) is 11.5 Å². The van der Waals surface area contributed by atoms with E-state index in [4.69, 9.17) is 9.47 Å². The van der Waals surface area contributed by atoms with E-state index in [1.165, 1.54) is 12.8 Å². The van der Waals surface area contributed by atoms with Crippen LogP contribution < -0.4 is 25.0 Å². The van der Waals surface area contributed by atoms with Crippen LogP contribution in [-0.2, 0) is 0 Å². The molecule has 0 unspecified atom stereocenters. The summed E-state index contributed by atoms with van der Waals surface area (Å²) in [6.07, 6.45) is 2.40. The van der Waals surface area contributed by atoms with Crippen molar-refractivity contribution in [1.29, 1.82) is 0 Å². The second-order valence-electron chi connectivity index (χ2n) is 6.64. The first kappa shape index (κ1) is 19.7. The molecule has 1 aromatic heterocycles. The van der Waals surface area contributed by atoms with Crippen LogP contribution in [-0.4, -0.2) is 56.3 Å². The SMILES string of the molecule is COc1ccc(C(=O)NCCNc2nc(C)cc(N3CCCC3)n2)cc1OC. The maximum atomic E-state index is 12.3. The Hall–Kier alpha value is -3.03. The molecule has 1 aliphatic rings. The molecule has 2 heterocycles. The van der Waals surface area contributed by atoms with Crippen molar-refractivity contribution >= 4 is 17.7 Å². The quantitative estimate of drug-likeness (QED) is 0.674. The smallest absolute Gasteiger partial charge is 0.251 e. The van der Waals surface area contributed by atoms with E-state index < -0.39 is 0 Å². The first-order valence-electron chi connectivity index (χ1n) is 9.45. The van der Waals surface area contributed by atoms with Gasteiger partial charge in [-0.3, -0.25) is 4.79 Å². The van der Waals surface area contributed by atoms with Crippen molar-refractivity contribution in [1.82, 2.24) is 15.3 Å². The van der Waals surface area contributed by atoms with Crippen molar-refractivity contribution in [2.75, 3.05) is 50.6 Å². The Labute approximate surface area is 165 Å². The fourth-order valence-corrected chi connectivity index (χ4v) is 3.17. The van der Waals surface area contributed by atoms with Gasteiger partial charge in [-0.1, -0.05) is 0 Å². The van der Waals surface area contributed by atoms with E-state index in [1.54, 1.807) is 32.4 Å². The zero-order chi connectivity index (χ0) is 19.9. The Morgan fingerprint density at radius 2 is 1.82 bits per heavy atom. The minimum atomic E-state index is -0.175. The summed E-state index contributed by atoms with van der Waals surface area (Å²) in [4.78, 5) is 23.6. The van der Waals surface area contributed by atoms with Crippen LogP contribution in [0.4, 0.5) is 11.8 Å². The molecule has 28 heavy (non-hydrogen) atoms. The van der Waals surface area contributed by atoms with Gasteiger partial charge in [-0.2, -0.15) is 4.98 Å².